The molecule has 24 heavy (non-hydrogen) atoms. The fourth-order valence-corrected chi connectivity index (χ4v) is 3.47. The molecule has 1 aliphatic rings. The lowest BCUT2D eigenvalue weighted by Gasteiger charge is -2.23. The Morgan fingerprint density at radius 2 is 2.42 bits per heavy atom. The number of carbonyl (C=O) groups is 1. The van der Waals surface area contributed by atoms with Gasteiger partial charge in [-0.15, -0.1) is 11.3 Å². The lowest BCUT2D eigenvalue weighted by Crippen LogP contribution is -2.43. The van der Waals surface area contributed by atoms with Gasteiger partial charge in [0, 0.05) is 31.1 Å². The highest BCUT2D eigenvalue weighted by molar-refractivity contribution is 7.09. The Balaban J connectivity index is 1.46. The maximum atomic E-state index is 13.8. The number of urea groups is 1. The van der Waals surface area contributed by atoms with Crippen LogP contribution >= 0.6 is 11.3 Å². The molecule has 1 saturated heterocycles. The fraction of sp³-hybridized carbons (Fsp3) is 0.500. The van der Waals surface area contributed by atoms with Gasteiger partial charge in [0.1, 0.15) is 11.9 Å². The van der Waals surface area contributed by atoms with Crippen LogP contribution in [0.5, 0.6) is 0 Å². The first-order valence-corrected chi connectivity index (χ1v) is 8.81. The van der Waals surface area contributed by atoms with Gasteiger partial charge >= 0.3 is 6.03 Å². The van der Waals surface area contributed by atoms with Crippen LogP contribution in [0.15, 0.2) is 28.2 Å². The molecule has 6 nitrogen and oxygen atoms in total. The fourth-order valence-electron chi connectivity index (χ4n) is 2.87. The van der Waals surface area contributed by atoms with Crippen molar-refractivity contribution in [2.75, 3.05) is 13.1 Å². The van der Waals surface area contributed by atoms with Crippen molar-refractivity contribution in [3.63, 3.8) is 0 Å². The van der Waals surface area contributed by atoms with E-state index in [4.69, 9.17) is 4.42 Å². The Morgan fingerprint density at radius 1 is 1.54 bits per heavy atom. The summed E-state index contributed by atoms with van der Waals surface area (Å²) in [5.41, 5.74) is 0.957. The molecule has 2 N–H and O–H groups in total. The molecule has 2 amide bonds. The van der Waals surface area contributed by atoms with Crippen LogP contribution in [0.4, 0.5) is 9.18 Å². The van der Waals surface area contributed by atoms with Gasteiger partial charge in [-0.05, 0) is 25.5 Å². The molecule has 8 heteroatoms. The van der Waals surface area contributed by atoms with Crippen LogP contribution in [0.2, 0.25) is 0 Å². The minimum absolute atomic E-state index is 0.0173. The minimum atomic E-state index is -0.859. The summed E-state index contributed by atoms with van der Waals surface area (Å²) in [5.74, 6) is 0.690. The van der Waals surface area contributed by atoms with Crippen molar-refractivity contribution in [1.82, 2.24) is 20.5 Å². The van der Waals surface area contributed by atoms with Gasteiger partial charge in [-0.2, -0.15) is 0 Å². The number of carbonyl (C=O) groups excluding carboxylic acids is 1. The van der Waals surface area contributed by atoms with E-state index < -0.39 is 6.17 Å². The molecule has 0 aromatic carbocycles. The first kappa shape index (κ1) is 16.9. The summed E-state index contributed by atoms with van der Waals surface area (Å²) in [6.07, 6.45) is 1.14. The predicted octanol–water partition coefficient (Wildman–Crippen LogP) is 2.46. The molecule has 0 spiro atoms. The minimum Gasteiger partial charge on any atom is -0.467 e. The lowest BCUT2D eigenvalue weighted by atomic mass is 10.2. The number of alkyl halides is 1. The van der Waals surface area contributed by atoms with E-state index in [0.717, 1.165) is 10.7 Å². The van der Waals surface area contributed by atoms with Gasteiger partial charge in [0.05, 0.1) is 23.5 Å². The van der Waals surface area contributed by atoms with E-state index in [1.54, 1.807) is 29.7 Å². The third-order valence-corrected chi connectivity index (χ3v) is 4.83. The number of thiazole rings is 1. The quantitative estimate of drug-likeness (QED) is 0.838. The molecule has 1 aliphatic heterocycles. The number of hydrogen-bond donors (Lipinski definition) is 2. The second kappa shape index (κ2) is 7.76. The molecule has 3 heterocycles. The largest absolute Gasteiger partial charge is 0.467 e. The van der Waals surface area contributed by atoms with Gasteiger partial charge in [0.25, 0.3) is 0 Å². The van der Waals surface area contributed by atoms with Crippen LogP contribution in [0.1, 0.15) is 22.9 Å². The normalized spacial score (nSPS) is 21.1. The molecule has 3 rings (SSSR count). The van der Waals surface area contributed by atoms with E-state index in [0.29, 0.717) is 38.4 Å². The standard InChI is InChI=1S/C16H21FN4O2S/c1-11-20-13(10-24-11)9-21-8-12(17)5-14(21)6-18-16(22)19-7-15-3-2-4-23-15/h2-4,10,12,14H,5-9H2,1H3,(H2,18,19,22)/t12-,14-/m0/s1. The van der Waals surface area contributed by atoms with Crippen LogP contribution in [0, 0.1) is 6.92 Å². The summed E-state index contributed by atoms with van der Waals surface area (Å²) in [4.78, 5) is 18.3. The average molecular weight is 352 g/mol. The van der Waals surface area contributed by atoms with Gasteiger partial charge < -0.3 is 15.1 Å². The van der Waals surface area contributed by atoms with E-state index in [1.165, 1.54) is 0 Å². The zero-order valence-corrected chi connectivity index (χ0v) is 14.3. The first-order chi connectivity index (χ1) is 11.6. The van der Waals surface area contributed by atoms with Gasteiger partial charge in [0.2, 0.25) is 0 Å². The Kier molecular flexibility index (Phi) is 5.47. The van der Waals surface area contributed by atoms with Crippen LogP contribution in [-0.2, 0) is 13.1 Å². The summed E-state index contributed by atoms with van der Waals surface area (Å²) < 4.78 is 18.9. The van der Waals surface area contributed by atoms with Crippen molar-refractivity contribution in [1.29, 1.82) is 0 Å². The van der Waals surface area contributed by atoms with Crippen LogP contribution in [0.3, 0.4) is 0 Å². The van der Waals surface area contributed by atoms with Crippen molar-refractivity contribution in [3.8, 4) is 0 Å². The number of aromatic nitrogens is 1. The maximum Gasteiger partial charge on any atom is 0.315 e. The van der Waals surface area contributed by atoms with Crippen molar-refractivity contribution in [2.24, 2.45) is 0 Å². The zero-order chi connectivity index (χ0) is 16.9. The average Bonchev–Trinajstić information content (AvgIpc) is 3.26. The zero-order valence-electron chi connectivity index (χ0n) is 13.5. The van der Waals surface area contributed by atoms with Gasteiger partial charge in [-0.1, -0.05) is 0 Å². The van der Waals surface area contributed by atoms with E-state index >= 15 is 0 Å². The Labute approximate surface area is 144 Å². The van der Waals surface area contributed by atoms with Crippen LogP contribution in [0.25, 0.3) is 0 Å². The number of nitrogens with zero attached hydrogens (tertiary/aromatic N) is 2. The van der Waals surface area contributed by atoms with Gasteiger partial charge in [-0.3, -0.25) is 4.90 Å². The highest BCUT2D eigenvalue weighted by atomic mass is 32.1. The Morgan fingerprint density at radius 3 is 3.12 bits per heavy atom. The number of furan rings is 1. The van der Waals surface area contributed by atoms with Crippen LogP contribution < -0.4 is 10.6 Å². The van der Waals surface area contributed by atoms with Crippen molar-refractivity contribution < 1.29 is 13.6 Å². The number of nitrogens with one attached hydrogen (secondary N) is 2. The second-order valence-corrected chi connectivity index (χ2v) is 6.98. The molecule has 0 bridgehead atoms. The molecule has 0 radical (unpaired) electrons. The molecule has 130 valence electrons. The predicted molar refractivity (Wildman–Crippen MR) is 89.5 cm³/mol. The van der Waals surface area contributed by atoms with Crippen molar-refractivity contribution in [2.45, 2.75) is 38.6 Å². The summed E-state index contributed by atoms with van der Waals surface area (Å²) in [6.45, 7) is 3.70. The first-order valence-electron chi connectivity index (χ1n) is 7.93. The van der Waals surface area contributed by atoms with Crippen LogP contribution in [-0.4, -0.2) is 41.2 Å². The number of aryl methyl sites for hydroxylation is 1. The van der Waals surface area contributed by atoms with E-state index in [2.05, 4.69) is 15.6 Å². The number of likely N-dealkylation sites (tertiary alicyclic amines) is 1. The second-order valence-electron chi connectivity index (χ2n) is 5.92. The molecule has 1 fully saturated rings. The summed E-state index contributed by atoms with van der Waals surface area (Å²) in [7, 11) is 0. The molecular weight excluding hydrogens is 331 g/mol. The van der Waals surface area contributed by atoms with Crippen molar-refractivity contribution >= 4 is 17.4 Å². The number of hydrogen-bond acceptors (Lipinski definition) is 5. The molecule has 2 atom stereocenters. The number of amides is 2. The summed E-state index contributed by atoms with van der Waals surface area (Å²) in [5, 5.41) is 8.54. The number of halogens is 1. The topological polar surface area (TPSA) is 70.4 Å². The third-order valence-electron chi connectivity index (χ3n) is 4.01. The van der Waals surface area contributed by atoms with E-state index in [-0.39, 0.29) is 12.1 Å². The SMILES string of the molecule is Cc1nc(CN2C[C@@H](F)C[C@H]2CNC(=O)NCc2ccco2)cs1. The molecular formula is C16H21FN4O2S. The van der Waals surface area contributed by atoms with E-state index in [9.17, 15) is 9.18 Å². The molecule has 2 aromatic heterocycles. The monoisotopic (exact) mass is 352 g/mol. The van der Waals surface area contributed by atoms with Gasteiger partial charge in [0.15, 0.2) is 0 Å². The highest BCUT2D eigenvalue weighted by Crippen LogP contribution is 2.22. The smallest absolute Gasteiger partial charge is 0.315 e. The Hall–Kier alpha value is -1.93. The summed E-state index contributed by atoms with van der Waals surface area (Å²) >= 11 is 1.59. The van der Waals surface area contributed by atoms with Crippen molar-refractivity contribution in [3.05, 3.63) is 40.2 Å². The molecule has 0 aliphatic carbocycles. The van der Waals surface area contributed by atoms with E-state index in [1.807, 2.05) is 17.2 Å². The number of rotatable bonds is 6. The Bertz CT molecular complexity index is 661. The maximum absolute atomic E-state index is 13.8. The highest BCUT2D eigenvalue weighted by Gasteiger charge is 2.32. The molecule has 0 unspecified atom stereocenters. The third kappa shape index (κ3) is 4.55. The molecule has 0 saturated carbocycles. The van der Waals surface area contributed by atoms with Gasteiger partial charge in [-0.25, -0.2) is 14.2 Å². The molecule has 2 aromatic rings. The lowest BCUT2D eigenvalue weighted by molar-refractivity contribution is 0.217. The summed E-state index contributed by atoms with van der Waals surface area (Å²) in [6, 6.07) is 3.27.